The maximum absolute atomic E-state index is 12.4. The van der Waals surface area contributed by atoms with Crippen LogP contribution in [0.3, 0.4) is 0 Å². The summed E-state index contributed by atoms with van der Waals surface area (Å²) < 4.78 is 5.81. The molecule has 2 fully saturated rings. The average Bonchev–Trinajstić information content (AvgIpc) is 2.69. The zero-order chi connectivity index (χ0) is 15.0. The van der Waals surface area contributed by atoms with Gasteiger partial charge in [-0.05, 0) is 52.1 Å². The highest BCUT2D eigenvalue weighted by molar-refractivity contribution is 5.77. The van der Waals surface area contributed by atoms with E-state index >= 15 is 0 Å². The third kappa shape index (κ3) is 2.98. The summed E-state index contributed by atoms with van der Waals surface area (Å²) in [5.74, 6) is -0.253. The normalized spacial score (nSPS) is 30.1. The van der Waals surface area contributed by atoms with Gasteiger partial charge in [0.25, 0.3) is 0 Å². The summed E-state index contributed by atoms with van der Waals surface area (Å²) in [6, 6.07) is 9.36. The van der Waals surface area contributed by atoms with Crippen LogP contribution in [0, 0.1) is 6.92 Å². The lowest BCUT2D eigenvalue weighted by atomic mass is 9.98. The van der Waals surface area contributed by atoms with Gasteiger partial charge in [-0.1, -0.05) is 29.8 Å². The number of carbonyl (C=O) groups is 1. The number of hydrogen-bond donors (Lipinski definition) is 0. The Morgan fingerprint density at radius 1 is 1.29 bits per heavy atom. The van der Waals surface area contributed by atoms with Crippen molar-refractivity contribution in [1.29, 1.82) is 0 Å². The Kier molecular flexibility index (Phi) is 4.03. The van der Waals surface area contributed by atoms with E-state index in [-0.39, 0.29) is 18.0 Å². The Labute approximate surface area is 127 Å². The molecule has 1 aromatic rings. The SMILES string of the molecule is Cc1cccc(C(C)C(=O)OC2CC3CCC(C2)N3C)c1. The van der Waals surface area contributed by atoms with Gasteiger partial charge in [-0.25, -0.2) is 0 Å². The minimum Gasteiger partial charge on any atom is -0.462 e. The molecule has 3 unspecified atom stereocenters. The fourth-order valence-electron chi connectivity index (χ4n) is 3.80. The predicted octanol–water partition coefficient (Wildman–Crippen LogP) is 3.27. The predicted molar refractivity (Wildman–Crippen MR) is 83.3 cm³/mol. The van der Waals surface area contributed by atoms with Crippen LogP contribution in [0.25, 0.3) is 0 Å². The maximum atomic E-state index is 12.4. The first-order chi connectivity index (χ1) is 10.0. The number of fused-ring (bicyclic) bond motifs is 2. The van der Waals surface area contributed by atoms with Crippen LogP contribution in [0.15, 0.2) is 24.3 Å². The number of carbonyl (C=O) groups excluding carboxylic acids is 1. The molecule has 0 spiro atoms. The van der Waals surface area contributed by atoms with Crippen LogP contribution in [0.5, 0.6) is 0 Å². The quantitative estimate of drug-likeness (QED) is 0.799. The molecule has 114 valence electrons. The molecule has 2 bridgehead atoms. The van der Waals surface area contributed by atoms with Crippen LogP contribution in [0.4, 0.5) is 0 Å². The van der Waals surface area contributed by atoms with E-state index in [4.69, 9.17) is 4.74 Å². The molecule has 0 saturated carbocycles. The van der Waals surface area contributed by atoms with Gasteiger partial charge in [0, 0.05) is 12.1 Å². The first-order valence-electron chi connectivity index (χ1n) is 8.03. The number of esters is 1. The van der Waals surface area contributed by atoms with E-state index in [2.05, 4.69) is 31.0 Å². The Morgan fingerprint density at radius 3 is 2.57 bits per heavy atom. The van der Waals surface area contributed by atoms with E-state index in [9.17, 15) is 4.79 Å². The van der Waals surface area contributed by atoms with Gasteiger partial charge < -0.3 is 9.64 Å². The number of hydrogen-bond acceptors (Lipinski definition) is 3. The lowest BCUT2D eigenvalue weighted by Crippen LogP contribution is -2.43. The van der Waals surface area contributed by atoms with Crippen molar-refractivity contribution in [3.05, 3.63) is 35.4 Å². The molecule has 0 amide bonds. The smallest absolute Gasteiger partial charge is 0.313 e. The number of benzene rings is 1. The summed E-state index contributed by atoms with van der Waals surface area (Å²) in [5.41, 5.74) is 2.24. The molecule has 0 aromatic heterocycles. The Hall–Kier alpha value is -1.35. The molecule has 1 aromatic carbocycles. The molecule has 0 radical (unpaired) electrons. The molecule has 2 heterocycles. The largest absolute Gasteiger partial charge is 0.462 e. The Bertz CT molecular complexity index is 514. The Balaban J connectivity index is 1.62. The molecule has 2 saturated heterocycles. The van der Waals surface area contributed by atoms with E-state index in [1.165, 1.54) is 18.4 Å². The van der Waals surface area contributed by atoms with Gasteiger partial charge in [-0.3, -0.25) is 4.79 Å². The van der Waals surface area contributed by atoms with E-state index in [0.717, 1.165) is 18.4 Å². The van der Waals surface area contributed by atoms with Crippen LogP contribution in [-0.4, -0.2) is 36.1 Å². The molecule has 0 aliphatic carbocycles. The van der Waals surface area contributed by atoms with Crippen LogP contribution in [-0.2, 0) is 9.53 Å². The highest BCUT2D eigenvalue weighted by Crippen LogP contribution is 2.36. The molecule has 2 aliphatic rings. The van der Waals surface area contributed by atoms with Crippen molar-refractivity contribution in [3.63, 3.8) is 0 Å². The lowest BCUT2D eigenvalue weighted by Gasteiger charge is -2.36. The van der Waals surface area contributed by atoms with Crippen LogP contribution in [0.2, 0.25) is 0 Å². The van der Waals surface area contributed by atoms with Crippen LogP contribution >= 0.6 is 0 Å². The molecule has 3 nitrogen and oxygen atoms in total. The summed E-state index contributed by atoms with van der Waals surface area (Å²) in [7, 11) is 2.20. The third-order valence-corrected chi connectivity index (χ3v) is 5.23. The van der Waals surface area contributed by atoms with Crippen LogP contribution < -0.4 is 0 Å². The van der Waals surface area contributed by atoms with Crippen molar-refractivity contribution in [2.75, 3.05) is 7.05 Å². The number of piperidine rings is 1. The van der Waals surface area contributed by atoms with Gasteiger partial charge in [-0.15, -0.1) is 0 Å². The zero-order valence-corrected chi connectivity index (χ0v) is 13.2. The topological polar surface area (TPSA) is 29.5 Å². The van der Waals surface area contributed by atoms with E-state index in [0.29, 0.717) is 12.1 Å². The van der Waals surface area contributed by atoms with Crippen molar-refractivity contribution in [3.8, 4) is 0 Å². The minimum absolute atomic E-state index is 0.0745. The van der Waals surface area contributed by atoms with E-state index < -0.39 is 0 Å². The van der Waals surface area contributed by atoms with Gasteiger partial charge in [0.1, 0.15) is 6.10 Å². The minimum atomic E-state index is -0.179. The maximum Gasteiger partial charge on any atom is 0.313 e. The van der Waals surface area contributed by atoms with Crippen molar-refractivity contribution >= 4 is 5.97 Å². The fourth-order valence-corrected chi connectivity index (χ4v) is 3.80. The molecule has 0 N–H and O–H groups in total. The van der Waals surface area contributed by atoms with Crippen LogP contribution in [0.1, 0.15) is 49.7 Å². The summed E-state index contributed by atoms with van der Waals surface area (Å²) >= 11 is 0. The molecular weight excluding hydrogens is 262 g/mol. The molecule has 3 rings (SSSR count). The standard InChI is InChI=1S/C18H25NO2/c1-12-5-4-6-14(9-12)13(2)18(20)21-17-10-15-7-8-16(11-17)19(15)3/h4-6,9,13,15-17H,7-8,10-11H2,1-3H3. The average molecular weight is 287 g/mol. The highest BCUT2D eigenvalue weighted by atomic mass is 16.5. The third-order valence-electron chi connectivity index (χ3n) is 5.23. The summed E-state index contributed by atoms with van der Waals surface area (Å²) in [6.07, 6.45) is 4.61. The molecular formula is C18H25NO2. The lowest BCUT2D eigenvalue weighted by molar-refractivity contribution is -0.153. The summed E-state index contributed by atoms with van der Waals surface area (Å²) in [4.78, 5) is 14.9. The zero-order valence-electron chi connectivity index (χ0n) is 13.2. The van der Waals surface area contributed by atoms with Gasteiger partial charge in [0.05, 0.1) is 5.92 Å². The number of nitrogens with zero attached hydrogens (tertiary/aromatic N) is 1. The molecule has 3 heteroatoms. The van der Waals surface area contributed by atoms with Gasteiger partial charge in [-0.2, -0.15) is 0 Å². The first-order valence-corrected chi connectivity index (χ1v) is 8.03. The Morgan fingerprint density at radius 2 is 1.95 bits per heavy atom. The number of ether oxygens (including phenoxy) is 1. The number of rotatable bonds is 3. The van der Waals surface area contributed by atoms with E-state index in [1.54, 1.807) is 0 Å². The summed E-state index contributed by atoms with van der Waals surface area (Å²) in [6.45, 7) is 4.00. The second kappa shape index (κ2) is 5.80. The van der Waals surface area contributed by atoms with Crippen molar-refractivity contribution < 1.29 is 9.53 Å². The monoisotopic (exact) mass is 287 g/mol. The van der Waals surface area contributed by atoms with Gasteiger partial charge in [0.15, 0.2) is 0 Å². The van der Waals surface area contributed by atoms with Gasteiger partial charge >= 0.3 is 5.97 Å². The van der Waals surface area contributed by atoms with Crippen molar-refractivity contribution in [2.45, 2.75) is 63.6 Å². The molecule has 2 aliphatic heterocycles. The highest BCUT2D eigenvalue weighted by Gasteiger charge is 2.40. The van der Waals surface area contributed by atoms with Crippen molar-refractivity contribution in [2.24, 2.45) is 0 Å². The fraction of sp³-hybridized carbons (Fsp3) is 0.611. The van der Waals surface area contributed by atoms with E-state index in [1.807, 2.05) is 19.1 Å². The summed E-state index contributed by atoms with van der Waals surface area (Å²) in [5, 5.41) is 0. The van der Waals surface area contributed by atoms with Gasteiger partial charge in [0.2, 0.25) is 0 Å². The van der Waals surface area contributed by atoms with Crippen molar-refractivity contribution in [1.82, 2.24) is 4.90 Å². The number of aryl methyl sites for hydroxylation is 1. The molecule has 3 atom stereocenters. The molecule has 21 heavy (non-hydrogen) atoms. The second-order valence-corrected chi connectivity index (χ2v) is 6.72. The second-order valence-electron chi connectivity index (χ2n) is 6.72. The first kappa shape index (κ1) is 14.6.